The molecule has 1 amide bonds. The van der Waals surface area contributed by atoms with Gasteiger partial charge in [0.05, 0.1) is 0 Å². The Balaban J connectivity index is 1.97. The predicted octanol–water partition coefficient (Wildman–Crippen LogP) is 1.63. The van der Waals surface area contributed by atoms with Crippen LogP contribution >= 0.6 is 0 Å². The van der Waals surface area contributed by atoms with E-state index in [0.29, 0.717) is 23.8 Å². The summed E-state index contributed by atoms with van der Waals surface area (Å²) in [5.41, 5.74) is 6.16. The van der Waals surface area contributed by atoms with Crippen LogP contribution in [0.15, 0.2) is 0 Å². The molecule has 1 heterocycles. The molecule has 0 aromatic carbocycles. The van der Waals surface area contributed by atoms with Gasteiger partial charge in [0.1, 0.15) is 0 Å². The van der Waals surface area contributed by atoms with E-state index in [1.54, 1.807) is 0 Å². The number of hydrogen-bond donors (Lipinski definition) is 1. The molecule has 2 fully saturated rings. The van der Waals surface area contributed by atoms with Crippen LogP contribution in [0.1, 0.15) is 39.5 Å². The first kappa shape index (κ1) is 14.8. The fourth-order valence-corrected chi connectivity index (χ4v) is 3.54. The van der Waals surface area contributed by atoms with Crippen LogP contribution in [0.25, 0.3) is 0 Å². The van der Waals surface area contributed by atoms with Crippen LogP contribution in [-0.2, 0) is 9.53 Å². The fraction of sp³-hybridized carbons (Fsp3) is 0.933. The van der Waals surface area contributed by atoms with E-state index < -0.39 is 0 Å². The highest BCUT2D eigenvalue weighted by Gasteiger charge is 2.37. The third-order valence-electron chi connectivity index (χ3n) is 5.09. The Bertz CT molecular complexity index is 315. The van der Waals surface area contributed by atoms with E-state index in [2.05, 4.69) is 13.8 Å². The van der Waals surface area contributed by atoms with Crippen molar-refractivity contribution in [3.8, 4) is 0 Å². The molecule has 19 heavy (non-hydrogen) atoms. The molecule has 1 saturated carbocycles. The van der Waals surface area contributed by atoms with Crippen LogP contribution in [-0.4, -0.2) is 43.2 Å². The zero-order chi connectivity index (χ0) is 14.0. The number of carbonyl (C=O) groups is 1. The Morgan fingerprint density at radius 2 is 1.79 bits per heavy atom. The molecule has 1 aliphatic heterocycles. The summed E-state index contributed by atoms with van der Waals surface area (Å²) in [7, 11) is 1.95. The van der Waals surface area contributed by atoms with Crippen molar-refractivity contribution in [3.05, 3.63) is 0 Å². The summed E-state index contributed by atoms with van der Waals surface area (Å²) in [6, 6.07) is 0.525. The smallest absolute Gasteiger partial charge is 0.226 e. The lowest BCUT2D eigenvalue weighted by molar-refractivity contribution is -0.141. The molecule has 0 bridgehead atoms. The van der Waals surface area contributed by atoms with Crippen LogP contribution < -0.4 is 5.73 Å². The van der Waals surface area contributed by atoms with Crippen LogP contribution in [0.5, 0.6) is 0 Å². The Labute approximate surface area is 116 Å². The maximum absolute atomic E-state index is 12.7. The molecule has 4 atom stereocenters. The minimum absolute atomic E-state index is 0.110. The van der Waals surface area contributed by atoms with Gasteiger partial charge >= 0.3 is 0 Å². The average Bonchev–Trinajstić information content (AvgIpc) is 2.42. The molecule has 2 N–H and O–H groups in total. The van der Waals surface area contributed by atoms with Crippen molar-refractivity contribution in [3.63, 3.8) is 0 Å². The largest absolute Gasteiger partial charge is 0.381 e. The topological polar surface area (TPSA) is 55.6 Å². The maximum Gasteiger partial charge on any atom is 0.226 e. The Morgan fingerprint density at radius 1 is 1.16 bits per heavy atom. The summed E-state index contributed by atoms with van der Waals surface area (Å²) in [4.78, 5) is 14.7. The standard InChI is InChI=1S/C15H28N2O2/c1-10-8-11(2)14(16)9-13(10)15(18)17(3)12-4-6-19-7-5-12/h10-14H,4-9,16H2,1-3H3. The number of nitrogens with two attached hydrogens (primary N) is 1. The van der Waals surface area contributed by atoms with E-state index >= 15 is 0 Å². The van der Waals surface area contributed by atoms with Gasteiger partial charge in [-0.3, -0.25) is 4.79 Å². The van der Waals surface area contributed by atoms with E-state index in [1.165, 1.54) is 0 Å². The molecule has 0 spiro atoms. The number of rotatable bonds is 2. The molecule has 0 aromatic rings. The number of nitrogens with zero attached hydrogens (tertiary/aromatic N) is 1. The first-order chi connectivity index (χ1) is 9.00. The number of ether oxygens (including phenoxy) is 1. The second kappa shape index (κ2) is 6.23. The molecule has 4 nitrogen and oxygen atoms in total. The van der Waals surface area contributed by atoms with E-state index in [0.717, 1.165) is 38.9 Å². The van der Waals surface area contributed by atoms with Crippen LogP contribution in [0.2, 0.25) is 0 Å². The van der Waals surface area contributed by atoms with Gasteiger partial charge in [-0.1, -0.05) is 13.8 Å². The molecule has 4 unspecified atom stereocenters. The maximum atomic E-state index is 12.7. The number of carbonyl (C=O) groups excluding carboxylic acids is 1. The normalized spacial score (nSPS) is 37.1. The Morgan fingerprint density at radius 3 is 2.42 bits per heavy atom. The molecule has 0 aromatic heterocycles. The van der Waals surface area contributed by atoms with E-state index in [4.69, 9.17) is 10.5 Å². The van der Waals surface area contributed by atoms with Gasteiger partial charge in [-0.15, -0.1) is 0 Å². The molecule has 1 aliphatic carbocycles. The first-order valence-corrected chi connectivity index (χ1v) is 7.60. The summed E-state index contributed by atoms with van der Waals surface area (Å²) >= 11 is 0. The zero-order valence-electron chi connectivity index (χ0n) is 12.5. The van der Waals surface area contributed by atoms with Crippen molar-refractivity contribution >= 4 is 5.91 Å². The lowest BCUT2D eigenvalue weighted by atomic mass is 9.72. The molecule has 2 aliphatic rings. The van der Waals surface area contributed by atoms with Crippen LogP contribution in [0.4, 0.5) is 0 Å². The minimum Gasteiger partial charge on any atom is -0.381 e. The van der Waals surface area contributed by atoms with Crippen molar-refractivity contribution in [2.45, 2.75) is 51.6 Å². The van der Waals surface area contributed by atoms with Gasteiger partial charge in [0.15, 0.2) is 0 Å². The van der Waals surface area contributed by atoms with Crippen molar-refractivity contribution in [1.82, 2.24) is 4.90 Å². The molecule has 0 radical (unpaired) electrons. The quantitative estimate of drug-likeness (QED) is 0.828. The van der Waals surface area contributed by atoms with E-state index in [9.17, 15) is 4.79 Å². The summed E-state index contributed by atoms with van der Waals surface area (Å²) in [6.07, 6.45) is 3.84. The predicted molar refractivity (Wildman–Crippen MR) is 75.6 cm³/mol. The van der Waals surface area contributed by atoms with Gasteiger partial charge in [0.2, 0.25) is 5.91 Å². The average molecular weight is 268 g/mol. The number of amides is 1. The van der Waals surface area contributed by atoms with E-state index in [1.807, 2.05) is 11.9 Å². The molecular formula is C15H28N2O2. The first-order valence-electron chi connectivity index (χ1n) is 7.60. The van der Waals surface area contributed by atoms with Gasteiger partial charge in [-0.2, -0.15) is 0 Å². The highest BCUT2D eigenvalue weighted by Crippen LogP contribution is 2.34. The van der Waals surface area contributed by atoms with Crippen LogP contribution in [0.3, 0.4) is 0 Å². The van der Waals surface area contributed by atoms with Crippen LogP contribution in [0, 0.1) is 17.8 Å². The number of hydrogen-bond acceptors (Lipinski definition) is 3. The lowest BCUT2D eigenvalue weighted by Crippen LogP contribution is -2.49. The van der Waals surface area contributed by atoms with Gasteiger partial charge in [0, 0.05) is 38.3 Å². The highest BCUT2D eigenvalue weighted by molar-refractivity contribution is 5.79. The molecule has 4 heteroatoms. The Hall–Kier alpha value is -0.610. The Kier molecular flexibility index (Phi) is 4.85. The minimum atomic E-state index is 0.110. The van der Waals surface area contributed by atoms with Crippen molar-refractivity contribution in [1.29, 1.82) is 0 Å². The summed E-state index contributed by atoms with van der Waals surface area (Å²) in [5, 5.41) is 0. The third kappa shape index (κ3) is 3.29. The lowest BCUT2D eigenvalue weighted by Gasteiger charge is -2.40. The van der Waals surface area contributed by atoms with Gasteiger partial charge in [-0.25, -0.2) is 0 Å². The third-order valence-corrected chi connectivity index (χ3v) is 5.09. The monoisotopic (exact) mass is 268 g/mol. The summed E-state index contributed by atoms with van der Waals surface area (Å²) in [5.74, 6) is 1.39. The van der Waals surface area contributed by atoms with Crippen molar-refractivity contribution < 1.29 is 9.53 Å². The summed E-state index contributed by atoms with van der Waals surface area (Å²) in [6.45, 7) is 5.95. The second-order valence-electron chi connectivity index (χ2n) is 6.49. The fourth-order valence-electron chi connectivity index (χ4n) is 3.54. The van der Waals surface area contributed by atoms with Crippen molar-refractivity contribution in [2.24, 2.45) is 23.5 Å². The van der Waals surface area contributed by atoms with Gasteiger partial charge in [0.25, 0.3) is 0 Å². The second-order valence-corrected chi connectivity index (χ2v) is 6.49. The SMILES string of the molecule is CC1CC(C)C(C(=O)N(C)C2CCOCC2)CC1N. The molecule has 2 rings (SSSR count). The molecular weight excluding hydrogens is 240 g/mol. The van der Waals surface area contributed by atoms with Gasteiger partial charge < -0.3 is 15.4 Å². The van der Waals surface area contributed by atoms with E-state index in [-0.39, 0.29) is 12.0 Å². The zero-order valence-corrected chi connectivity index (χ0v) is 12.5. The highest BCUT2D eigenvalue weighted by atomic mass is 16.5. The molecule has 1 saturated heterocycles. The summed E-state index contributed by atoms with van der Waals surface area (Å²) < 4.78 is 5.37. The van der Waals surface area contributed by atoms with Gasteiger partial charge in [-0.05, 0) is 37.5 Å². The van der Waals surface area contributed by atoms with Crippen molar-refractivity contribution in [2.75, 3.05) is 20.3 Å². The molecule has 110 valence electrons.